The summed E-state index contributed by atoms with van der Waals surface area (Å²) in [6.07, 6.45) is 2.29. The molecule has 2 saturated carbocycles. The topological polar surface area (TPSA) is 42.0 Å². The van der Waals surface area contributed by atoms with E-state index in [0.29, 0.717) is 29.6 Å². The van der Waals surface area contributed by atoms with Crippen molar-refractivity contribution < 1.29 is 22.4 Å². The van der Waals surface area contributed by atoms with Crippen molar-refractivity contribution in [3.8, 4) is 0 Å². The zero-order chi connectivity index (χ0) is 22.2. The number of carbonyl (C=O) groups is 1. The summed E-state index contributed by atoms with van der Waals surface area (Å²) < 4.78 is 55.1. The maximum atomic E-state index is 14.5. The van der Waals surface area contributed by atoms with Crippen molar-refractivity contribution >= 4 is 17.5 Å². The zero-order valence-corrected chi connectivity index (χ0v) is 17.6. The standard InChI is InChI=1S/C23H23ClF4N2O/c24-18-8-9-20(29-13-18)22(15-4-2-1-3-5-15,30-21(31)14-6-7-14)16-10-17(23(26,27)28)12-19(25)11-16/h8-15H,1-7H2,(H,30,31)/t22-/m0/s1. The number of carbonyl (C=O) groups excluding carboxylic acids is 1. The lowest BCUT2D eigenvalue weighted by Crippen LogP contribution is -2.53. The van der Waals surface area contributed by atoms with E-state index < -0.39 is 23.1 Å². The molecule has 2 aliphatic rings. The molecule has 1 aromatic carbocycles. The Labute approximate surface area is 183 Å². The number of benzene rings is 1. The van der Waals surface area contributed by atoms with Crippen LogP contribution in [-0.2, 0) is 16.5 Å². The summed E-state index contributed by atoms with van der Waals surface area (Å²) in [5.74, 6) is -1.63. The van der Waals surface area contributed by atoms with Gasteiger partial charge in [0.15, 0.2) is 0 Å². The molecular formula is C23H23ClF4N2O. The molecule has 2 aromatic rings. The van der Waals surface area contributed by atoms with Gasteiger partial charge in [0.2, 0.25) is 5.91 Å². The fraction of sp³-hybridized carbons (Fsp3) is 0.478. The van der Waals surface area contributed by atoms with Gasteiger partial charge in [-0.15, -0.1) is 0 Å². The highest BCUT2D eigenvalue weighted by atomic mass is 35.5. The number of rotatable bonds is 5. The molecule has 0 radical (unpaired) electrons. The lowest BCUT2D eigenvalue weighted by atomic mass is 9.68. The highest BCUT2D eigenvalue weighted by molar-refractivity contribution is 6.30. The third-order valence-corrected chi connectivity index (χ3v) is 6.52. The first-order chi connectivity index (χ1) is 14.7. The lowest BCUT2D eigenvalue weighted by Gasteiger charge is -2.44. The van der Waals surface area contributed by atoms with Gasteiger partial charge in [0, 0.05) is 12.1 Å². The number of amides is 1. The van der Waals surface area contributed by atoms with Crippen LogP contribution in [0, 0.1) is 17.7 Å². The van der Waals surface area contributed by atoms with E-state index >= 15 is 0 Å². The largest absolute Gasteiger partial charge is 0.416 e. The van der Waals surface area contributed by atoms with Crippen molar-refractivity contribution in [1.29, 1.82) is 0 Å². The van der Waals surface area contributed by atoms with Crippen molar-refractivity contribution in [1.82, 2.24) is 10.3 Å². The minimum Gasteiger partial charge on any atom is -0.340 e. The van der Waals surface area contributed by atoms with E-state index in [-0.39, 0.29) is 23.3 Å². The van der Waals surface area contributed by atoms with Gasteiger partial charge in [0.25, 0.3) is 0 Å². The van der Waals surface area contributed by atoms with Gasteiger partial charge < -0.3 is 5.32 Å². The molecule has 2 fully saturated rings. The Morgan fingerprint density at radius 1 is 1.00 bits per heavy atom. The molecule has 8 heteroatoms. The Morgan fingerprint density at radius 2 is 1.68 bits per heavy atom. The van der Waals surface area contributed by atoms with Crippen molar-refractivity contribution in [2.75, 3.05) is 0 Å². The average molecular weight is 455 g/mol. The van der Waals surface area contributed by atoms with Crippen molar-refractivity contribution in [2.45, 2.75) is 56.7 Å². The predicted molar refractivity (Wildman–Crippen MR) is 109 cm³/mol. The number of hydrogen-bond acceptors (Lipinski definition) is 2. The van der Waals surface area contributed by atoms with Crippen LogP contribution in [0.1, 0.15) is 61.8 Å². The van der Waals surface area contributed by atoms with Crippen LogP contribution in [0.4, 0.5) is 17.6 Å². The molecule has 2 aliphatic carbocycles. The maximum absolute atomic E-state index is 14.5. The number of alkyl halides is 3. The molecule has 1 atom stereocenters. The monoisotopic (exact) mass is 454 g/mol. The van der Waals surface area contributed by atoms with Crippen LogP contribution in [0.2, 0.25) is 5.02 Å². The third kappa shape index (κ3) is 4.56. The van der Waals surface area contributed by atoms with Gasteiger partial charge in [-0.25, -0.2) is 4.39 Å². The highest BCUT2D eigenvalue weighted by Gasteiger charge is 2.48. The quantitative estimate of drug-likeness (QED) is 0.543. The first-order valence-electron chi connectivity index (χ1n) is 10.5. The van der Waals surface area contributed by atoms with E-state index in [1.54, 1.807) is 12.1 Å². The maximum Gasteiger partial charge on any atom is 0.416 e. The number of hydrogen-bond donors (Lipinski definition) is 1. The Balaban J connectivity index is 1.94. The molecule has 31 heavy (non-hydrogen) atoms. The summed E-state index contributed by atoms with van der Waals surface area (Å²) in [5.41, 5.74) is -2.02. The summed E-state index contributed by atoms with van der Waals surface area (Å²) in [4.78, 5) is 17.4. The van der Waals surface area contributed by atoms with E-state index in [0.717, 1.165) is 44.2 Å². The molecule has 1 aromatic heterocycles. The van der Waals surface area contributed by atoms with Crippen LogP contribution in [0.3, 0.4) is 0 Å². The second-order valence-corrected chi connectivity index (χ2v) is 8.93. The first-order valence-corrected chi connectivity index (χ1v) is 10.9. The summed E-state index contributed by atoms with van der Waals surface area (Å²) in [6.45, 7) is 0. The van der Waals surface area contributed by atoms with E-state index in [9.17, 15) is 22.4 Å². The smallest absolute Gasteiger partial charge is 0.340 e. The molecule has 1 heterocycles. The zero-order valence-electron chi connectivity index (χ0n) is 16.8. The average Bonchev–Trinajstić information content (AvgIpc) is 3.58. The molecular weight excluding hydrogens is 432 g/mol. The third-order valence-electron chi connectivity index (χ3n) is 6.30. The van der Waals surface area contributed by atoms with E-state index in [4.69, 9.17) is 11.6 Å². The molecule has 0 saturated heterocycles. The van der Waals surface area contributed by atoms with Crippen LogP contribution in [0.15, 0.2) is 36.5 Å². The minimum atomic E-state index is -4.72. The summed E-state index contributed by atoms with van der Waals surface area (Å²) in [7, 11) is 0. The highest BCUT2D eigenvalue weighted by Crippen LogP contribution is 2.46. The fourth-order valence-electron chi connectivity index (χ4n) is 4.60. The van der Waals surface area contributed by atoms with Crippen LogP contribution in [0.5, 0.6) is 0 Å². The van der Waals surface area contributed by atoms with Gasteiger partial charge >= 0.3 is 6.18 Å². The van der Waals surface area contributed by atoms with E-state index in [1.807, 2.05) is 0 Å². The fourth-order valence-corrected chi connectivity index (χ4v) is 4.71. The molecule has 3 nitrogen and oxygen atoms in total. The number of nitrogens with zero attached hydrogens (tertiary/aromatic N) is 1. The Kier molecular flexibility index (Phi) is 5.99. The minimum absolute atomic E-state index is 0.0653. The van der Waals surface area contributed by atoms with Gasteiger partial charge in [-0.1, -0.05) is 30.9 Å². The summed E-state index contributed by atoms with van der Waals surface area (Å²) in [5, 5.41) is 3.41. The lowest BCUT2D eigenvalue weighted by molar-refractivity contribution is -0.137. The van der Waals surface area contributed by atoms with Crippen LogP contribution < -0.4 is 5.32 Å². The molecule has 1 N–H and O–H groups in total. The van der Waals surface area contributed by atoms with Crippen molar-refractivity contribution in [3.05, 3.63) is 64.2 Å². The number of aromatic nitrogens is 1. The Hall–Kier alpha value is -2.15. The van der Waals surface area contributed by atoms with E-state index in [1.165, 1.54) is 6.20 Å². The second-order valence-electron chi connectivity index (χ2n) is 8.49. The van der Waals surface area contributed by atoms with Gasteiger partial charge in [-0.2, -0.15) is 13.2 Å². The Bertz CT molecular complexity index is 953. The first kappa shape index (κ1) is 22.1. The predicted octanol–water partition coefficient (Wildman–Crippen LogP) is 6.24. The van der Waals surface area contributed by atoms with Crippen LogP contribution in [0.25, 0.3) is 0 Å². The molecule has 0 bridgehead atoms. The molecule has 166 valence electrons. The molecule has 1 amide bonds. The van der Waals surface area contributed by atoms with E-state index in [2.05, 4.69) is 10.3 Å². The number of pyridine rings is 1. The Morgan fingerprint density at radius 3 is 2.26 bits per heavy atom. The van der Waals surface area contributed by atoms with Gasteiger partial charge in [0.05, 0.1) is 16.3 Å². The van der Waals surface area contributed by atoms with Crippen LogP contribution in [-0.4, -0.2) is 10.9 Å². The number of nitrogens with one attached hydrogen (secondary N) is 1. The van der Waals surface area contributed by atoms with Gasteiger partial charge in [0.1, 0.15) is 11.4 Å². The summed E-state index contributed by atoms with van der Waals surface area (Å²) in [6, 6.07) is 5.72. The van der Waals surface area contributed by atoms with Gasteiger partial charge in [-0.3, -0.25) is 9.78 Å². The second kappa shape index (κ2) is 8.41. The molecule has 0 unspecified atom stereocenters. The molecule has 0 spiro atoms. The van der Waals surface area contributed by atoms with Gasteiger partial charge in [-0.05, 0) is 67.5 Å². The van der Waals surface area contributed by atoms with Crippen molar-refractivity contribution in [3.63, 3.8) is 0 Å². The molecule has 4 rings (SSSR count). The SMILES string of the molecule is O=C(N[C@@](c1cc(F)cc(C(F)(F)F)c1)(c1ccc(Cl)cn1)C1CCCCC1)C1CC1. The van der Waals surface area contributed by atoms with Crippen molar-refractivity contribution in [2.24, 2.45) is 11.8 Å². The molecule has 0 aliphatic heterocycles. The number of halogens is 5. The normalized spacial score (nSPS) is 19.6. The summed E-state index contributed by atoms with van der Waals surface area (Å²) >= 11 is 6.01. The van der Waals surface area contributed by atoms with Crippen LogP contribution >= 0.6 is 11.6 Å².